The third-order valence-electron chi connectivity index (χ3n) is 3.60. The number of benzene rings is 1. The van der Waals surface area contributed by atoms with E-state index in [1.165, 1.54) is 6.08 Å². The zero-order chi connectivity index (χ0) is 14.7. The van der Waals surface area contributed by atoms with Gasteiger partial charge in [0.2, 0.25) is 0 Å². The van der Waals surface area contributed by atoms with Crippen molar-refractivity contribution in [3.8, 4) is 0 Å². The van der Waals surface area contributed by atoms with Crippen LogP contribution < -0.4 is 0 Å². The summed E-state index contributed by atoms with van der Waals surface area (Å²) >= 11 is 0. The first-order chi connectivity index (χ1) is 9.47. The lowest BCUT2D eigenvalue weighted by Crippen LogP contribution is -2.33. The molecule has 2 unspecified atom stereocenters. The van der Waals surface area contributed by atoms with Gasteiger partial charge in [0, 0.05) is 24.2 Å². The first-order valence-electron chi connectivity index (χ1n) is 6.79. The van der Waals surface area contributed by atoms with Crippen molar-refractivity contribution >= 4 is 18.0 Å². The predicted octanol–water partition coefficient (Wildman–Crippen LogP) is 2.65. The van der Waals surface area contributed by atoms with Crippen LogP contribution in [0.25, 0.3) is 6.08 Å². The highest BCUT2D eigenvalue weighted by molar-refractivity contribution is 5.95. The van der Waals surface area contributed by atoms with Crippen LogP contribution in [0.5, 0.6) is 0 Å². The Morgan fingerprint density at radius 2 is 2.10 bits per heavy atom. The van der Waals surface area contributed by atoms with E-state index in [0.29, 0.717) is 11.5 Å². The summed E-state index contributed by atoms with van der Waals surface area (Å²) in [6.45, 7) is 5.00. The molecule has 1 N–H and O–H groups in total. The van der Waals surface area contributed by atoms with Crippen LogP contribution in [0.15, 0.2) is 30.3 Å². The average Bonchev–Trinajstić information content (AvgIpc) is 2.75. The molecule has 0 bridgehead atoms. The summed E-state index contributed by atoms with van der Waals surface area (Å²) < 4.78 is 0. The van der Waals surface area contributed by atoms with E-state index < -0.39 is 5.97 Å². The minimum atomic E-state index is -0.997. The van der Waals surface area contributed by atoms with E-state index in [9.17, 15) is 9.59 Å². The molecule has 0 radical (unpaired) electrons. The molecule has 0 spiro atoms. The molecule has 4 nitrogen and oxygen atoms in total. The lowest BCUT2D eigenvalue weighted by atomic mass is 10.1. The highest BCUT2D eigenvalue weighted by Crippen LogP contribution is 2.24. The molecule has 0 aliphatic carbocycles. The largest absolute Gasteiger partial charge is 0.478 e. The van der Waals surface area contributed by atoms with E-state index in [4.69, 9.17) is 5.11 Å². The van der Waals surface area contributed by atoms with Gasteiger partial charge in [0.15, 0.2) is 0 Å². The molecule has 1 fully saturated rings. The lowest BCUT2D eigenvalue weighted by molar-refractivity contribution is -0.131. The smallest absolute Gasteiger partial charge is 0.328 e. The van der Waals surface area contributed by atoms with Gasteiger partial charge in [-0.15, -0.1) is 0 Å². The highest BCUT2D eigenvalue weighted by atomic mass is 16.4. The van der Waals surface area contributed by atoms with Gasteiger partial charge in [-0.3, -0.25) is 4.79 Å². The number of carbonyl (C=O) groups excluding carboxylic acids is 1. The van der Waals surface area contributed by atoms with Gasteiger partial charge in [-0.1, -0.05) is 19.1 Å². The fraction of sp³-hybridized carbons (Fsp3) is 0.375. The SMILES string of the molecule is CC1CC(C)N(C(=O)c2cccc(/C=C/C(=O)O)c2)C1. The number of aliphatic carboxylic acids is 1. The topological polar surface area (TPSA) is 57.6 Å². The molecule has 2 rings (SSSR count). The number of hydrogen-bond acceptors (Lipinski definition) is 2. The molecule has 20 heavy (non-hydrogen) atoms. The van der Waals surface area contributed by atoms with Gasteiger partial charge >= 0.3 is 5.97 Å². The number of carboxylic acid groups (broad SMARTS) is 1. The maximum absolute atomic E-state index is 12.5. The molecular weight excluding hydrogens is 254 g/mol. The number of nitrogens with zero attached hydrogens (tertiary/aromatic N) is 1. The van der Waals surface area contributed by atoms with Crippen molar-refractivity contribution in [3.63, 3.8) is 0 Å². The van der Waals surface area contributed by atoms with E-state index in [2.05, 4.69) is 13.8 Å². The second-order valence-electron chi connectivity index (χ2n) is 5.44. The van der Waals surface area contributed by atoms with E-state index in [0.717, 1.165) is 24.6 Å². The minimum Gasteiger partial charge on any atom is -0.478 e. The zero-order valence-electron chi connectivity index (χ0n) is 11.7. The van der Waals surface area contributed by atoms with Crippen LogP contribution in [-0.4, -0.2) is 34.5 Å². The molecule has 1 aliphatic heterocycles. The van der Waals surface area contributed by atoms with Crippen molar-refractivity contribution in [2.75, 3.05) is 6.54 Å². The second kappa shape index (κ2) is 5.90. The van der Waals surface area contributed by atoms with Crippen molar-refractivity contribution in [3.05, 3.63) is 41.5 Å². The Balaban J connectivity index is 2.18. The summed E-state index contributed by atoms with van der Waals surface area (Å²) in [5.41, 5.74) is 1.33. The quantitative estimate of drug-likeness (QED) is 0.861. The van der Waals surface area contributed by atoms with Crippen molar-refractivity contribution in [1.82, 2.24) is 4.90 Å². The Bertz CT molecular complexity index is 550. The van der Waals surface area contributed by atoms with Gasteiger partial charge in [0.25, 0.3) is 5.91 Å². The first kappa shape index (κ1) is 14.3. The Morgan fingerprint density at radius 1 is 1.35 bits per heavy atom. The molecule has 1 saturated heterocycles. The number of carbonyl (C=O) groups is 2. The van der Waals surface area contributed by atoms with Crippen LogP contribution in [0.2, 0.25) is 0 Å². The monoisotopic (exact) mass is 273 g/mol. The number of amides is 1. The standard InChI is InChI=1S/C16H19NO3/c1-11-8-12(2)17(10-11)16(20)14-5-3-4-13(9-14)6-7-15(18)19/h3-7,9,11-12H,8,10H2,1-2H3,(H,18,19)/b7-6+. The van der Waals surface area contributed by atoms with Crippen molar-refractivity contribution in [2.45, 2.75) is 26.3 Å². The molecule has 2 atom stereocenters. The highest BCUT2D eigenvalue weighted by Gasteiger charge is 2.30. The third-order valence-corrected chi connectivity index (χ3v) is 3.60. The zero-order valence-corrected chi connectivity index (χ0v) is 11.7. The van der Waals surface area contributed by atoms with Crippen LogP contribution in [-0.2, 0) is 4.79 Å². The molecule has 4 heteroatoms. The van der Waals surface area contributed by atoms with Gasteiger partial charge in [-0.05, 0) is 43.0 Å². The molecule has 106 valence electrons. The van der Waals surface area contributed by atoms with Gasteiger partial charge in [0.05, 0.1) is 0 Å². The van der Waals surface area contributed by atoms with Crippen LogP contribution in [0, 0.1) is 5.92 Å². The molecule has 1 heterocycles. The van der Waals surface area contributed by atoms with Gasteiger partial charge in [-0.2, -0.15) is 0 Å². The molecule has 0 saturated carbocycles. The summed E-state index contributed by atoms with van der Waals surface area (Å²) in [5, 5.41) is 8.63. The molecule has 1 amide bonds. The normalized spacial score (nSPS) is 22.4. The second-order valence-corrected chi connectivity index (χ2v) is 5.44. The number of hydrogen-bond donors (Lipinski definition) is 1. The van der Waals surface area contributed by atoms with Crippen molar-refractivity contribution in [1.29, 1.82) is 0 Å². The summed E-state index contributed by atoms with van der Waals surface area (Å²) in [6, 6.07) is 7.33. The molecule has 1 aromatic carbocycles. The van der Waals surface area contributed by atoms with E-state index in [1.807, 2.05) is 4.90 Å². The van der Waals surface area contributed by atoms with Crippen molar-refractivity contribution < 1.29 is 14.7 Å². The van der Waals surface area contributed by atoms with E-state index in [1.54, 1.807) is 24.3 Å². The van der Waals surface area contributed by atoms with Crippen LogP contribution in [0.3, 0.4) is 0 Å². The fourth-order valence-electron chi connectivity index (χ4n) is 2.69. The maximum atomic E-state index is 12.5. The van der Waals surface area contributed by atoms with Crippen LogP contribution >= 0.6 is 0 Å². The summed E-state index contributed by atoms with van der Waals surface area (Å²) in [4.78, 5) is 24.9. The Kier molecular flexibility index (Phi) is 4.23. The number of carboxylic acids is 1. The number of likely N-dealkylation sites (tertiary alicyclic amines) is 1. The molecule has 1 aromatic rings. The summed E-state index contributed by atoms with van der Waals surface area (Å²) in [5.74, 6) is -0.444. The summed E-state index contributed by atoms with van der Waals surface area (Å²) in [6.07, 6.45) is 3.60. The lowest BCUT2D eigenvalue weighted by Gasteiger charge is -2.21. The maximum Gasteiger partial charge on any atom is 0.328 e. The predicted molar refractivity (Wildman–Crippen MR) is 77.4 cm³/mol. The van der Waals surface area contributed by atoms with Gasteiger partial charge in [0.1, 0.15) is 0 Å². The van der Waals surface area contributed by atoms with Crippen molar-refractivity contribution in [2.24, 2.45) is 5.92 Å². The Labute approximate surface area is 118 Å². The fourth-order valence-corrected chi connectivity index (χ4v) is 2.69. The number of rotatable bonds is 3. The summed E-state index contributed by atoms with van der Waals surface area (Å²) in [7, 11) is 0. The van der Waals surface area contributed by atoms with E-state index in [-0.39, 0.29) is 11.9 Å². The molecule has 1 aliphatic rings. The minimum absolute atomic E-state index is 0.0208. The average molecular weight is 273 g/mol. The Hall–Kier alpha value is -2.10. The van der Waals surface area contributed by atoms with Crippen LogP contribution in [0.1, 0.15) is 36.2 Å². The first-order valence-corrected chi connectivity index (χ1v) is 6.79. The van der Waals surface area contributed by atoms with E-state index >= 15 is 0 Å². The third kappa shape index (κ3) is 3.26. The van der Waals surface area contributed by atoms with Crippen LogP contribution in [0.4, 0.5) is 0 Å². The molecule has 0 aromatic heterocycles. The van der Waals surface area contributed by atoms with Gasteiger partial charge < -0.3 is 10.0 Å². The van der Waals surface area contributed by atoms with Gasteiger partial charge in [-0.25, -0.2) is 4.79 Å². The molecular formula is C16H19NO3. The Morgan fingerprint density at radius 3 is 2.70 bits per heavy atom.